The SMILES string of the molecule is CS(=O)CCCNc1ccc(C(=O)O)c(Br)c1F. The quantitative estimate of drug-likeness (QED) is 0.782. The lowest BCUT2D eigenvalue weighted by Gasteiger charge is -2.09. The van der Waals surface area contributed by atoms with E-state index in [0.717, 1.165) is 0 Å². The molecule has 0 amide bonds. The van der Waals surface area contributed by atoms with Crippen molar-refractivity contribution in [3.05, 3.63) is 28.0 Å². The van der Waals surface area contributed by atoms with Gasteiger partial charge in [0.1, 0.15) is 0 Å². The number of carboxylic acid groups (broad SMARTS) is 1. The van der Waals surface area contributed by atoms with Crippen molar-refractivity contribution in [2.75, 3.05) is 23.9 Å². The maximum absolute atomic E-state index is 13.8. The van der Waals surface area contributed by atoms with Gasteiger partial charge in [-0.25, -0.2) is 9.18 Å². The van der Waals surface area contributed by atoms with Crippen LogP contribution in [0.15, 0.2) is 16.6 Å². The van der Waals surface area contributed by atoms with E-state index in [-0.39, 0.29) is 15.7 Å². The summed E-state index contributed by atoms with van der Waals surface area (Å²) in [4.78, 5) is 10.8. The first kappa shape index (κ1) is 15.1. The molecule has 1 aromatic rings. The summed E-state index contributed by atoms with van der Waals surface area (Å²) in [5, 5.41) is 11.6. The Morgan fingerprint density at radius 1 is 1.56 bits per heavy atom. The molecule has 0 spiro atoms. The van der Waals surface area contributed by atoms with Crippen LogP contribution in [0, 0.1) is 5.82 Å². The van der Waals surface area contributed by atoms with E-state index in [0.29, 0.717) is 18.7 Å². The molecule has 0 aliphatic rings. The second-order valence-electron chi connectivity index (χ2n) is 3.65. The molecule has 0 bridgehead atoms. The van der Waals surface area contributed by atoms with E-state index in [1.165, 1.54) is 12.1 Å². The lowest BCUT2D eigenvalue weighted by Crippen LogP contribution is -2.09. The maximum atomic E-state index is 13.8. The molecular weight excluding hydrogens is 325 g/mol. The summed E-state index contributed by atoms with van der Waals surface area (Å²) in [5.41, 5.74) is 0.112. The van der Waals surface area contributed by atoms with Crippen LogP contribution in [-0.4, -0.2) is 33.8 Å². The molecule has 0 fully saturated rings. The molecule has 1 aromatic carbocycles. The average molecular weight is 338 g/mol. The molecular formula is C11H13BrFNO3S. The lowest BCUT2D eigenvalue weighted by atomic mass is 10.2. The highest BCUT2D eigenvalue weighted by molar-refractivity contribution is 9.10. The second-order valence-corrected chi connectivity index (χ2v) is 6.00. The zero-order chi connectivity index (χ0) is 13.7. The third kappa shape index (κ3) is 4.06. The molecule has 0 aliphatic carbocycles. The number of hydrogen-bond acceptors (Lipinski definition) is 3. The van der Waals surface area contributed by atoms with Gasteiger partial charge in [-0.3, -0.25) is 4.21 Å². The Morgan fingerprint density at radius 3 is 2.78 bits per heavy atom. The van der Waals surface area contributed by atoms with Crippen molar-refractivity contribution in [2.24, 2.45) is 0 Å². The fraction of sp³-hybridized carbons (Fsp3) is 0.364. The standard InChI is InChI=1S/C11H13BrFNO3S/c1-18(17)6-2-5-14-8-4-3-7(11(15)16)9(12)10(8)13/h3-4,14H,2,5-6H2,1H3,(H,15,16). The molecule has 1 unspecified atom stereocenters. The van der Waals surface area contributed by atoms with Gasteiger partial charge in [-0.1, -0.05) is 0 Å². The Hall–Kier alpha value is -0.950. The van der Waals surface area contributed by atoms with E-state index in [2.05, 4.69) is 21.2 Å². The lowest BCUT2D eigenvalue weighted by molar-refractivity contribution is 0.0695. The molecule has 0 radical (unpaired) electrons. The predicted octanol–water partition coefficient (Wildman–Crippen LogP) is 2.47. The van der Waals surface area contributed by atoms with Gasteiger partial charge in [0.25, 0.3) is 0 Å². The normalized spacial score (nSPS) is 12.2. The van der Waals surface area contributed by atoms with Crippen molar-refractivity contribution in [2.45, 2.75) is 6.42 Å². The molecule has 4 nitrogen and oxygen atoms in total. The van der Waals surface area contributed by atoms with Gasteiger partial charge in [0.2, 0.25) is 0 Å². The molecule has 0 aromatic heterocycles. The van der Waals surface area contributed by atoms with Gasteiger partial charge in [0.15, 0.2) is 5.82 Å². The van der Waals surface area contributed by atoms with Crippen LogP contribution in [0.25, 0.3) is 0 Å². The van der Waals surface area contributed by atoms with Gasteiger partial charge >= 0.3 is 5.97 Å². The van der Waals surface area contributed by atoms with Crippen LogP contribution in [0.3, 0.4) is 0 Å². The highest BCUT2D eigenvalue weighted by Gasteiger charge is 2.15. The smallest absolute Gasteiger partial charge is 0.336 e. The predicted molar refractivity (Wildman–Crippen MR) is 73.1 cm³/mol. The first-order valence-corrected chi connectivity index (χ1v) is 7.70. The summed E-state index contributed by atoms with van der Waals surface area (Å²) in [6.45, 7) is 0.482. The Balaban J connectivity index is 2.71. The summed E-state index contributed by atoms with van der Waals surface area (Å²) in [6.07, 6.45) is 2.26. The largest absolute Gasteiger partial charge is 0.478 e. The monoisotopic (exact) mass is 337 g/mol. The molecule has 0 saturated heterocycles. The highest BCUT2D eigenvalue weighted by atomic mass is 79.9. The van der Waals surface area contributed by atoms with Crippen molar-refractivity contribution >= 4 is 38.4 Å². The van der Waals surface area contributed by atoms with E-state index in [9.17, 15) is 13.4 Å². The number of rotatable bonds is 6. The minimum absolute atomic E-state index is 0.0703. The van der Waals surface area contributed by atoms with Gasteiger partial charge in [0.05, 0.1) is 15.7 Å². The Morgan fingerprint density at radius 2 is 2.22 bits per heavy atom. The number of nitrogens with one attached hydrogen (secondary N) is 1. The fourth-order valence-corrected chi connectivity index (χ4v) is 2.42. The number of carboxylic acids is 1. The molecule has 0 aliphatic heterocycles. The number of carbonyl (C=O) groups is 1. The van der Waals surface area contributed by atoms with Gasteiger partial charge in [-0.15, -0.1) is 0 Å². The fourth-order valence-electron chi connectivity index (χ4n) is 1.35. The second kappa shape index (κ2) is 6.84. The molecule has 7 heteroatoms. The van der Waals surface area contributed by atoms with Crippen molar-refractivity contribution < 1.29 is 18.5 Å². The van der Waals surface area contributed by atoms with Crippen LogP contribution >= 0.6 is 15.9 Å². The molecule has 0 heterocycles. The van der Waals surface area contributed by atoms with Crippen LogP contribution in [-0.2, 0) is 10.8 Å². The molecule has 100 valence electrons. The first-order chi connectivity index (χ1) is 8.43. The Kier molecular flexibility index (Phi) is 5.74. The summed E-state index contributed by atoms with van der Waals surface area (Å²) < 4.78 is 24.5. The number of aromatic carboxylic acids is 1. The minimum atomic E-state index is -1.19. The molecule has 0 saturated carbocycles. The van der Waals surface area contributed by atoms with Gasteiger partial charge in [-0.05, 0) is 34.5 Å². The average Bonchev–Trinajstić information content (AvgIpc) is 2.29. The Bertz CT molecular complexity index is 482. The van der Waals surface area contributed by atoms with E-state index >= 15 is 0 Å². The zero-order valence-corrected chi connectivity index (χ0v) is 12.1. The number of hydrogen-bond donors (Lipinski definition) is 2. The molecule has 1 rings (SSSR count). The van der Waals surface area contributed by atoms with Crippen LogP contribution in [0.2, 0.25) is 0 Å². The summed E-state index contributed by atoms with van der Waals surface area (Å²) in [5.74, 6) is -1.27. The van der Waals surface area contributed by atoms with Crippen LogP contribution < -0.4 is 5.32 Å². The van der Waals surface area contributed by atoms with Gasteiger partial charge < -0.3 is 10.4 Å². The van der Waals surface area contributed by atoms with E-state index in [4.69, 9.17) is 5.11 Å². The minimum Gasteiger partial charge on any atom is -0.478 e. The van der Waals surface area contributed by atoms with Gasteiger partial charge in [-0.2, -0.15) is 0 Å². The Labute approximate surface area is 115 Å². The van der Waals surface area contributed by atoms with Crippen LogP contribution in [0.4, 0.5) is 10.1 Å². The third-order valence-electron chi connectivity index (χ3n) is 2.24. The molecule has 2 N–H and O–H groups in total. The van der Waals surface area contributed by atoms with E-state index < -0.39 is 22.6 Å². The van der Waals surface area contributed by atoms with Crippen LogP contribution in [0.1, 0.15) is 16.8 Å². The summed E-state index contributed by atoms with van der Waals surface area (Å²) in [6, 6.07) is 2.71. The highest BCUT2D eigenvalue weighted by Crippen LogP contribution is 2.27. The van der Waals surface area contributed by atoms with Crippen molar-refractivity contribution in [1.82, 2.24) is 0 Å². The van der Waals surface area contributed by atoms with Crippen LogP contribution in [0.5, 0.6) is 0 Å². The first-order valence-electron chi connectivity index (χ1n) is 5.18. The maximum Gasteiger partial charge on any atom is 0.336 e. The number of anilines is 1. The summed E-state index contributed by atoms with van der Waals surface area (Å²) in [7, 11) is -0.864. The molecule has 1 atom stereocenters. The van der Waals surface area contributed by atoms with Crippen molar-refractivity contribution in [3.8, 4) is 0 Å². The number of halogens is 2. The third-order valence-corrected chi connectivity index (χ3v) is 3.88. The van der Waals surface area contributed by atoms with Crippen molar-refractivity contribution in [3.63, 3.8) is 0 Å². The number of benzene rings is 1. The van der Waals surface area contributed by atoms with Gasteiger partial charge in [0, 0.05) is 29.4 Å². The van der Waals surface area contributed by atoms with Crippen molar-refractivity contribution in [1.29, 1.82) is 0 Å². The topological polar surface area (TPSA) is 66.4 Å². The zero-order valence-electron chi connectivity index (χ0n) is 9.70. The summed E-state index contributed by atoms with van der Waals surface area (Å²) >= 11 is 2.92. The van der Waals surface area contributed by atoms with E-state index in [1.54, 1.807) is 6.26 Å². The van der Waals surface area contributed by atoms with E-state index in [1.807, 2.05) is 0 Å². The molecule has 18 heavy (non-hydrogen) atoms.